The Bertz CT molecular complexity index is 1990. The molecule has 0 aromatic carbocycles. The fourth-order valence-electron chi connectivity index (χ4n) is 6.40. The number of hydrogen-bond donors (Lipinski definition) is 1. The molecule has 8 heteroatoms. The highest BCUT2D eigenvalue weighted by atomic mass is 16.5. The zero-order chi connectivity index (χ0) is 49.9. The van der Waals surface area contributed by atoms with E-state index in [0.29, 0.717) is 28.6 Å². The van der Waals surface area contributed by atoms with E-state index in [-0.39, 0.29) is 29.5 Å². The number of allylic oxidation sites excluding steroid dienone is 22. The van der Waals surface area contributed by atoms with Gasteiger partial charge in [0.2, 0.25) is 23.1 Å². The summed E-state index contributed by atoms with van der Waals surface area (Å²) in [4.78, 5) is 35.6. The lowest BCUT2D eigenvalue weighted by Gasteiger charge is -2.26. The van der Waals surface area contributed by atoms with E-state index in [0.717, 1.165) is 63.4 Å². The van der Waals surface area contributed by atoms with Gasteiger partial charge < -0.3 is 29.0 Å². The van der Waals surface area contributed by atoms with Gasteiger partial charge in [-0.15, -0.1) is 0 Å². The Balaban J connectivity index is 0.00000326. The highest BCUT2D eigenvalue weighted by Gasteiger charge is 2.34. The smallest absolute Gasteiger partial charge is 0.228 e. The normalized spacial score (nSPS) is 16.2. The number of nitrogens with zero attached hydrogens (tertiary/aromatic N) is 1. The number of hydrogen-bond acceptors (Lipinski definition) is 7. The molecule has 0 unspecified atom stereocenters. The molecule has 0 radical (unpaired) electrons. The van der Waals surface area contributed by atoms with Crippen LogP contribution >= 0.6 is 0 Å². The third-order valence-electron chi connectivity index (χ3n) is 10.9. The molecule has 0 bridgehead atoms. The monoisotopic (exact) mass is 898 g/mol. The van der Waals surface area contributed by atoms with E-state index in [1.807, 2.05) is 27.2 Å². The number of carbonyl (C=O) groups is 3. The molecule has 362 valence electrons. The number of carboxylic acids is 1. The zero-order valence-corrected chi connectivity index (χ0v) is 43.7. The molecule has 1 aliphatic rings. The summed E-state index contributed by atoms with van der Waals surface area (Å²) in [5.41, 5.74) is 14.6. The van der Waals surface area contributed by atoms with Crippen LogP contribution in [0.4, 0.5) is 0 Å². The van der Waals surface area contributed by atoms with Crippen LogP contribution in [0.5, 0.6) is 0 Å². The van der Waals surface area contributed by atoms with Crippen molar-refractivity contribution in [2.45, 2.75) is 160 Å². The van der Waals surface area contributed by atoms with Crippen LogP contribution in [0.3, 0.4) is 0 Å². The van der Waals surface area contributed by atoms with Crippen LogP contribution < -0.4 is 5.11 Å². The second-order valence-corrected chi connectivity index (χ2v) is 19.3. The van der Waals surface area contributed by atoms with Crippen LogP contribution in [0.25, 0.3) is 0 Å². The molecule has 0 aromatic rings. The zero-order valence-electron chi connectivity index (χ0n) is 43.7. The second kappa shape index (κ2) is 32.0. The number of aliphatic hydroxyl groups is 1. The van der Waals surface area contributed by atoms with Gasteiger partial charge in [0.1, 0.15) is 12.6 Å². The van der Waals surface area contributed by atoms with Crippen molar-refractivity contribution in [3.05, 3.63) is 139 Å². The minimum absolute atomic E-state index is 0.0177. The van der Waals surface area contributed by atoms with Gasteiger partial charge in [-0.25, -0.2) is 0 Å². The minimum atomic E-state index is -1.20. The molecule has 0 saturated carbocycles. The van der Waals surface area contributed by atoms with Crippen molar-refractivity contribution in [2.24, 2.45) is 0 Å². The molecule has 8 nitrogen and oxygen atoms in total. The molecule has 0 spiro atoms. The molecule has 1 N–H and O–H groups in total. The van der Waals surface area contributed by atoms with Crippen molar-refractivity contribution in [3.8, 4) is 0 Å². The summed E-state index contributed by atoms with van der Waals surface area (Å²) in [5.74, 6) is -1.82. The summed E-state index contributed by atoms with van der Waals surface area (Å²) in [5, 5.41) is 19.1. The first-order chi connectivity index (χ1) is 30.3. The Kier molecular flexibility index (Phi) is 29.6. The van der Waals surface area contributed by atoms with Crippen molar-refractivity contribution in [1.29, 1.82) is 0 Å². The predicted molar refractivity (Wildman–Crippen MR) is 272 cm³/mol. The molecule has 0 aliphatic heterocycles. The number of ether oxygens (including phenoxy) is 2. The van der Waals surface area contributed by atoms with E-state index < -0.39 is 12.1 Å². The number of likely N-dealkylation sites (N-methyl/N-ethyl adjacent to an activating group) is 1. The van der Waals surface area contributed by atoms with Crippen LogP contribution in [0.1, 0.15) is 154 Å². The number of carbonyl (C=O) groups excluding carboxylic acids is 3. The number of rotatable bonds is 26. The Morgan fingerprint density at radius 2 is 0.800 bits per heavy atom. The van der Waals surface area contributed by atoms with Gasteiger partial charge in [0.05, 0.1) is 35.4 Å². The maximum absolute atomic E-state index is 12.9. The predicted octanol–water partition coefficient (Wildman–Crippen LogP) is 12.5. The van der Waals surface area contributed by atoms with Crippen molar-refractivity contribution in [3.63, 3.8) is 0 Å². The lowest BCUT2D eigenvalue weighted by atomic mass is 9.90. The van der Waals surface area contributed by atoms with Crippen molar-refractivity contribution in [1.82, 2.24) is 0 Å². The highest BCUT2D eigenvalue weighted by Crippen LogP contribution is 2.28. The van der Waals surface area contributed by atoms with Crippen LogP contribution in [-0.4, -0.2) is 75.1 Å². The van der Waals surface area contributed by atoms with E-state index in [9.17, 15) is 19.5 Å². The Morgan fingerprint density at radius 1 is 0.523 bits per heavy atom. The molecule has 0 saturated heterocycles. The third kappa shape index (κ3) is 28.7. The fraction of sp³-hybridized carbons (Fsp3) is 0.526. The number of quaternary nitrogens is 1. The Hall–Kier alpha value is -4.79. The highest BCUT2D eigenvalue weighted by molar-refractivity contribution is 6.23. The van der Waals surface area contributed by atoms with Crippen LogP contribution in [0, 0.1) is 0 Å². The summed E-state index contributed by atoms with van der Waals surface area (Å²) < 4.78 is 10.9. The average molecular weight is 898 g/mol. The van der Waals surface area contributed by atoms with Gasteiger partial charge in [-0.1, -0.05) is 116 Å². The minimum Gasteiger partial charge on any atom is -0.550 e. The number of methoxy groups -OCH3 is 2. The standard InChI is InChI=1S/C50H72O4.C7H15NO3/c1-35(2)15-16-36(3)17-18-37(4)19-20-38(5)21-22-39(6)23-24-40(7)25-26-41(8)27-28-42(9)29-30-43(10)31-32-44(11)33-34-46-45(12)47(51)49(53-13)50(54-14)48(46)52;1-8(2,3)5-6(9)4-7(10)11/h15,17,19,21,23,25,27,29,31,33H,16,18,20,22,24,26,28,30,32,34H2,1-14H3;6,9H,4-5H2,1-3H3/b36-17+,37-19+,38-21+,39-23+,40-25+,41-27+,42-29+,43-31+,44-33+;/t;6-/m.1/s1. The molecule has 0 fully saturated rings. The first kappa shape index (κ1) is 60.2. The SMILES string of the molecule is COC1=C(OC)C(=O)C(C/C=C(\C)C/C=C(\C)C/C=C(\C)C/C=C(\C)C/C=C(\C)C/C=C(\C)C/C=C(\C)C/C=C(\C)C/C=C(\C)CC=C(C)C)=C(C)C1=O.C[N+](C)(C)C[C@H](O)CC(=O)[O-]. The first-order valence-electron chi connectivity index (χ1n) is 23.1. The summed E-state index contributed by atoms with van der Waals surface area (Å²) in [6.07, 6.45) is 31.2. The topological polar surface area (TPSA) is 113 Å². The molecule has 0 amide bonds. The van der Waals surface area contributed by atoms with E-state index in [2.05, 4.69) is 131 Å². The number of ketones is 2. The molecule has 0 aromatic heterocycles. The first-order valence-corrected chi connectivity index (χ1v) is 23.1. The summed E-state index contributed by atoms with van der Waals surface area (Å²) in [6.45, 7) is 26.2. The van der Waals surface area contributed by atoms with Crippen LogP contribution in [0.15, 0.2) is 139 Å². The number of aliphatic hydroxyl groups excluding tert-OH is 1. The number of aliphatic carboxylic acids is 1. The Morgan fingerprint density at radius 3 is 1.06 bits per heavy atom. The van der Waals surface area contributed by atoms with Gasteiger partial charge in [-0.05, 0) is 147 Å². The van der Waals surface area contributed by atoms with Gasteiger partial charge in [0.15, 0.2) is 0 Å². The van der Waals surface area contributed by atoms with E-state index >= 15 is 0 Å². The second-order valence-electron chi connectivity index (χ2n) is 19.3. The molecule has 0 heterocycles. The number of Topliss-reactive ketones (excluding diaryl/α,β-unsaturated/α-hetero) is 2. The van der Waals surface area contributed by atoms with Gasteiger partial charge >= 0.3 is 0 Å². The van der Waals surface area contributed by atoms with Crippen LogP contribution in [-0.2, 0) is 23.9 Å². The van der Waals surface area contributed by atoms with Crippen molar-refractivity contribution in [2.75, 3.05) is 41.9 Å². The molecule has 1 atom stereocenters. The summed E-state index contributed by atoms with van der Waals surface area (Å²) in [6, 6.07) is 0. The third-order valence-corrected chi connectivity index (χ3v) is 10.9. The van der Waals surface area contributed by atoms with E-state index in [4.69, 9.17) is 14.6 Å². The number of carboxylic acid groups (broad SMARTS) is 1. The largest absolute Gasteiger partial charge is 0.550 e. The molecule has 1 rings (SSSR count). The molecule has 1 aliphatic carbocycles. The maximum atomic E-state index is 12.9. The quantitative estimate of drug-likeness (QED) is 0.0522. The van der Waals surface area contributed by atoms with Crippen molar-refractivity contribution < 1.29 is 38.6 Å². The van der Waals surface area contributed by atoms with Gasteiger partial charge in [-0.3, -0.25) is 9.59 Å². The lowest BCUT2D eigenvalue weighted by Crippen LogP contribution is -2.43. The van der Waals surface area contributed by atoms with Gasteiger partial charge in [-0.2, -0.15) is 0 Å². The van der Waals surface area contributed by atoms with Gasteiger partial charge in [0.25, 0.3) is 0 Å². The lowest BCUT2D eigenvalue weighted by molar-refractivity contribution is -0.873. The Labute approximate surface area is 395 Å². The van der Waals surface area contributed by atoms with Crippen molar-refractivity contribution >= 4 is 17.5 Å². The average Bonchev–Trinajstić information content (AvgIpc) is 3.22. The van der Waals surface area contributed by atoms with Gasteiger partial charge in [0, 0.05) is 23.5 Å². The fourth-order valence-corrected chi connectivity index (χ4v) is 6.40. The summed E-state index contributed by atoms with van der Waals surface area (Å²) >= 11 is 0. The maximum Gasteiger partial charge on any atom is 0.228 e. The van der Waals surface area contributed by atoms with E-state index in [1.54, 1.807) is 6.92 Å². The van der Waals surface area contributed by atoms with E-state index in [1.165, 1.54) is 64.4 Å². The van der Waals surface area contributed by atoms with Crippen LogP contribution in [0.2, 0.25) is 0 Å². The molecular weight excluding hydrogens is 811 g/mol. The molecule has 65 heavy (non-hydrogen) atoms. The summed E-state index contributed by atoms with van der Waals surface area (Å²) in [7, 11) is 8.43. The molecular formula is C57H87NO7.